The average Bonchev–Trinajstić information content (AvgIpc) is 3.18. The van der Waals surface area contributed by atoms with Gasteiger partial charge in [0, 0.05) is 35.9 Å². The number of benzene rings is 2. The molecule has 1 N–H and O–H groups in total. The zero-order valence-electron chi connectivity index (χ0n) is 18.0. The molecule has 0 unspecified atom stereocenters. The summed E-state index contributed by atoms with van der Waals surface area (Å²) < 4.78 is 11.9. The van der Waals surface area contributed by atoms with Crippen LogP contribution in [-0.2, 0) is 0 Å². The van der Waals surface area contributed by atoms with Crippen LogP contribution < -0.4 is 14.8 Å². The van der Waals surface area contributed by atoms with Gasteiger partial charge in [0.2, 0.25) is 17.6 Å². The molecule has 0 radical (unpaired) electrons. The second-order valence-electron chi connectivity index (χ2n) is 7.43. The quantitative estimate of drug-likeness (QED) is 0.416. The molecular weight excluding hydrogens is 430 g/mol. The lowest BCUT2D eigenvalue weighted by atomic mass is 10.1. The number of carbonyl (C=O) groups is 1. The smallest absolute Gasteiger partial charge is 0.231 e. The largest absolute Gasteiger partial charge is 0.452 e. The van der Waals surface area contributed by atoms with Gasteiger partial charge in [-0.2, -0.15) is 10.2 Å². The minimum Gasteiger partial charge on any atom is -0.452 e. The number of ether oxygens (including phenoxy) is 2. The van der Waals surface area contributed by atoms with Crippen LogP contribution in [0.4, 0.5) is 11.6 Å². The molecule has 0 atom stereocenters. The Bertz CT molecular complexity index is 1460. The van der Waals surface area contributed by atoms with Gasteiger partial charge in [-0.05, 0) is 61.0 Å². The van der Waals surface area contributed by atoms with Crippen molar-refractivity contribution in [1.82, 2.24) is 15.0 Å². The van der Waals surface area contributed by atoms with E-state index in [1.165, 1.54) is 0 Å². The van der Waals surface area contributed by atoms with Crippen molar-refractivity contribution in [3.8, 4) is 23.4 Å². The highest BCUT2D eigenvalue weighted by atomic mass is 16.5. The molecule has 34 heavy (non-hydrogen) atoms. The first kappa shape index (κ1) is 20.8. The number of fused-ring (bicyclic) bond motifs is 1. The van der Waals surface area contributed by atoms with E-state index in [4.69, 9.17) is 14.7 Å². The van der Waals surface area contributed by atoms with Crippen LogP contribution in [0.1, 0.15) is 27.0 Å². The van der Waals surface area contributed by atoms with Crippen LogP contribution in [0.5, 0.6) is 17.4 Å². The third-order valence-electron chi connectivity index (χ3n) is 5.13. The molecule has 8 nitrogen and oxygen atoms in total. The number of ketones is 1. The molecular formula is C26H17N5O3. The normalized spacial score (nSPS) is 13.2. The molecule has 0 bridgehead atoms. The van der Waals surface area contributed by atoms with Crippen LogP contribution in [-0.4, -0.2) is 20.7 Å². The van der Waals surface area contributed by atoms with E-state index in [2.05, 4.69) is 26.3 Å². The van der Waals surface area contributed by atoms with Crippen molar-refractivity contribution in [2.45, 2.75) is 6.92 Å². The number of nitriles is 1. The van der Waals surface area contributed by atoms with Crippen molar-refractivity contribution >= 4 is 23.5 Å². The number of Topliss-reactive ketones (excluding diaryl/α,β-unsaturated/α-hetero) is 1. The molecule has 8 heteroatoms. The molecule has 0 amide bonds. The van der Waals surface area contributed by atoms with Crippen LogP contribution in [0.15, 0.2) is 78.9 Å². The molecule has 1 aliphatic rings. The first-order valence-corrected chi connectivity index (χ1v) is 10.4. The summed E-state index contributed by atoms with van der Waals surface area (Å²) in [6.07, 6.45) is 6.57. The maximum atomic E-state index is 12.8. The highest BCUT2D eigenvalue weighted by Crippen LogP contribution is 2.40. The van der Waals surface area contributed by atoms with E-state index in [0.29, 0.717) is 40.0 Å². The maximum absolute atomic E-state index is 12.8. The van der Waals surface area contributed by atoms with E-state index in [9.17, 15) is 4.79 Å². The second kappa shape index (κ2) is 8.84. The number of carbonyl (C=O) groups excluding carboxylic acids is 1. The van der Waals surface area contributed by atoms with E-state index < -0.39 is 0 Å². The molecule has 2 aromatic carbocycles. The highest BCUT2D eigenvalue weighted by Gasteiger charge is 2.30. The lowest BCUT2D eigenvalue weighted by molar-refractivity contribution is 0.101. The molecule has 5 rings (SSSR count). The molecule has 0 aliphatic carbocycles. The minimum absolute atomic E-state index is 0.190. The Labute approximate surface area is 195 Å². The van der Waals surface area contributed by atoms with E-state index in [0.717, 1.165) is 11.3 Å². The van der Waals surface area contributed by atoms with Crippen molar-refractivity contribution in [2.24, 2.45) is 0 Å². The van der Waals surface area contributed by atoms with Gasteiger partial charge in [-0.15, -0.1) is 0 Å². The predicted octanol–water partition coefficient (Wildman–Crippen LogP) is 5.20. The number of nitrogens with zero attached hydrogens (tertiary/aromatic N) is 4. The van der Waals surface area contributed by atoms with Crippen molar-refractivity contribution in [1.29, 1.82) is 5.26 Å². The molecule has 0 saturated heterocycles. The van der Waals surface area contributed by atoms with E-state index in [1.807, 2.05) is 13.0 Å². The third kappa shape index (κ3) is 4.18. The fraction of sp³-hybridized carbons (Fsp3) is 0.0385. The Morgan fingerprint density at radius 3 is 2.71 bits per heavy atom. The van der Waals surface area contributed by atoms with Gasteiger partial charge in [0.1, 0.15) is 11.5 Å². The molecule has 4 aromatic rings. The van der Waals surface area contributed by atoms with Crippen molar-refractivity contribution in [3.63, 3.8) is 0 Å². The zero-order chi connectivity index (χ0) is 23.5. The lowest BCUT2D eigenvalue weighted by Crippen LogP contribution is -1.99. The molecule has 164 valence electrons. The average molecular weight is 447 g/mol. The third-order valence-corrected chi connectivity index (χ3v) is 5.13. The van der Waals surface area contributed by atoms with Gasteiger partial charge in [-0.25, -0.2) is 4.98 Å². The van der Waals surface area contributed by atoms with Gasteiger partial charge in [0.05, 0.1) is 17.2 Å². The van der Waals surface area contributed by atoms with E-state index in [1.54, 1.807) is 73.2 Å². The molecule has 0 fully saturated rings. The second-order valence-corrected chi connectivity index (χ2v) is 7.43. The van der Waals surface area contributed by atoms with Crippen molar-refractivity contribution < 1.29 is 14.3 Å². The van der Waals surface area contributed by atoms with Gasteiger partial charge in [0.15, 0.2) is 5.76 Å². The number of rotatable bonds is 5. The summed E-state index contributed by atoms with van der Waals surface area (Å²) in [7, 11) is 0. The molecule has 3 heterocycles. The molecule has 0 spiro atoms. The summed E-state index contributed by atoms with van der Waals surface area (Å²) in [6.45, 7) is 1.82. The number of allylic oxidation sites excluding steroid dienone is 1. The number of hydrogen-bond donors (Lipinski definition) is 1. The SMILES string of the molecule is Cc1c(Oc2ccnc(Nc3ccc(C#N)cc3)n2)ccc2c1O/C(=C\c1cccnc1)C2=O. The summed E-state index contributed by atoms with van der Waals surface area (Å²) in [6, 6.07) is 17.7. The number of aromatic nitrogens is 3. The van der Waals surface area contributed by atoms with E-state index >= 15 is 0 Å². The fourth-order valence-electron chi connectivity index (χ4n) is 3.42. The fourth-order valence-corrected chi connectivity index (χ4v) is 3.42. The van der Waals surface area contributed by atoms with Crippen LogP contribution in [0.3, 0.4) is 0 Å². The van der Waals surface area contributed by atoms with Crippen LogP contribution in [0.25, 0.3) is 6.08 Å². The van der Waals surface area contributed by atoms with Gasteiger partial charge in [-0.1, -0.05) is 6.07 Å². The molecule has 0 saturated carbocycles. The Hall–Kier alpha value is -5.03. The number of hydrogen-bond acceptors (Lipinski definition) is 8. The lowest BCUT2D eigenvalue weighted by Gasteiger charge is -2.11. The summed E-state index contributed by atoms with van der Waals surface area (Å²) in [5.74, 6) is 1.68. The van der Waals surface area contributed by atoms with Crippen molar-refractivity contribution in [3.05, 3.63) is 101 Å². The Morgan fingerprint density at radius 1 is 1.09 bits per heavy atom. The number of nitrogens with one attached hydrogen (secondary N) is 1. The predicted molar refractivity (Wildman–Crippen MR) is 125 cm³/mol. The van der Waals surface area contributed by atoms with Gasteiger partial charge >= 0.3 is 0 Å². The Kier molecular flexibility index (Phi) is 5.42. The van der Waals surface area contributed by atoms with Crippen LogP contribution in [0, 0.1) is 18.3 Å². The Morgan fingerprint density at radius 2 is 1.94 bits per heavy atom. The van der Waals surface area contributed by atoms with Crippen LogP contribution >= 0.6 is 0 Å². The molecule has 1 aliphatic heterocycles. The maximum Gasteiger partial charge on any atom is 0.231 e. The number of anilines is 2. The van der Waals surface area contributed by atoms with Crippen molar-refractivity contribution in [2.75, 3.05) is 5.32 Å². The first-order valence-electron chi connectivity index (χ1n) is 10.4. The first-order chi connectivity index (χ1) is 16.6. The van der Waals surface area contributed by atoms with Crippen LogP contribution in [0.2, 0.25) is 0 Å². The summed E-state index contributed by atoms with van der Waals surface area (Å²) in [5.41, 5.74) is 3.24. The minimum atomic E-state index is -0.190. The standard InChI is InChI=1S/C26H17N5O3/c1-16-21(9-8-20-24(32)22(34-25(16)20)13-18-3-2-11-28-15-18)33-23-10-12-29-26(31-23)30-19-6-4-17(14-27)5-7-19/h2-13,15H,1H3,(H,29,30,31)/b22-13-. The summed E-state index contributed by atoms with van der Waals surface area (Å²) >= 11 is 0. The monoisotopic (exact) mass is 447 g/mol. The van der Waals surface area contributed by atoms with Gasteiger partial charge < -0.3 is 14.8 Å². The highest BCUT2D eigenvalue weighted by molar-refractivity contribution is 6.14. The van der Waals surface area contributed by atoms with Gasteiger partial charge in [0.25, 0.3) is 0 Å². The zero-order valence-corrected chi connectivity index (χ0v) is 18.0. The number of pyridine rings is 1. The Balaban J connectivity index is 1.36. The summed E-state index contributed by atoms with van der Waals surface area (Å²) in [5, 5.41) is 12.0. The molecule has 2 aromatic heterocycles. The summed E-state index contributed by atoms with van der Waals surface area (Å²) in [4.78, 5) is 25.4. The topological polar surface area (TPSA) is 110 Å². The van der Waals surface area contributed by atoms with E-state index in [-0.39, 0.29) is 11.5 Å². The van der Waals surface area contributed by atoms with Gasteiger partial charge in [-0.3, -0.25) is 9.78 Å².